The van der Waals surface area contributed by atoms with Gasteiger partial charge in [-0.3, -0.25) is 0 Å². The SMILES string of the molecule is N#Cc1cc(Br)c2scc(F)c2c1. The van der Waals surface area contributed by atoms with Gasteiger partial charge in [-0.25, -0.2) is 4.39 Å². The fourth-order valence-corrected chi connectivity index (χ4v) is 2.67. The first-order valence-corrected chi connectivity index (χ1v) is 5.16. The van der Waals surface area contributed by atoms with Crippen LogP contribution in [0.25, 0.3) is 10.1 Å². The Morgan fingerprint density at radius 1 is 1.46 bits per heavy atom. The van der Waals surface area contributed by atoms with Gasteiger partial charge < -0.3 is 0 Å². The average molecular weight is 256 g/mol. The van der Waals surface area contributed by atoms with Crippen molar-refractivity contribution < 1.29 is 4.39 Å². The molecular formula is C9H3BrFNS. The molecule has 0 atom stereocenters. The van der Waals surface area contributed by atoms with E-state index in [0.29, 0.717) is 10.9 Å². The van der Waals surface area contributed by atoms with Gasteiger partial charge in [0.1, 0.15) is 5.82 Å². The number of fused-ring (bicyclic) bond motifs is 1. The highest BCUT2D eigenvalue weighted by Gasteiger charge is 2.07. The standard InChI is InChI=1S/C9H3BrFNS/c10-7-2-5(3-12)1-6-8(11)4-13-9(6)7/h1-2,4H. The van der Waals surface area contributed by atoms with Crippen LogP contribution >= 0.6 is 27.3 Å². The Hall–Kier alpha value is -0.920. The minimum Gasteiger partial charge on any atom is -0.205 e. The molecule has 0 saturated carbocycles. The van der Waals surface area contributed by atoms with E-state index in [1.54, 1.807) is 12.1 Å². The van der Waals surface area contributed by atoms with Gasteiger partial charge in [-0.1, -0.05) is 0 Å². The summed E-state index contributed by atoms with van der Waals surface area (Å²) < 4.78 is 14.7. The Labute approximate surface area is 86.5 Å². The zero-order valence-electron chi connectivity index (χ0n) is 6.34. The number of hydrogen-bond donors (Lipinski definition) is 0. The van der Waals surface area contributed by atoms with Gasteiger partial charge in [0.2, 0.25) is 0 Å². The van der Waals surface area contributed by atoms with Crippen molar-refractivity contribution in [3.63, 3.8) is 0 Å². The molecule has 4 heteroatoms. The van der Waals surface area contributed by atoms with Crippen LogP contribution in [-0.2, 0) is 0 Å². The molecule has 0 bridgehead atoms. The number of nitrogens with zero attached hydrogens (tertiary/aromatic N) is 1. The van der Waals surface area contributed by atoms with E-state index in [-0.39, 0.29) is 5.82 Å². The molecule has 1 nitrogen and oxygen atoms in total. The van der Waals surface area contributed by atoms with E-state index < -0.39 is 0 Å². The highest BCUT2D eigenvalue weighted by molar-refractivity contribution is 9.10. The molecule has 0 unspecified atom stereocenters. The molecule has 0 fully saturated rings. The third kappa shape index (κ3) is 1.34. The fourth-order valence-electron chi connectivity index (χ4n) is 1.13. The van der Waals surface area contributed by atoms with Crippen molar-refractivity contribution in [1.29, 1.82) is 5.26 Å². The van der Waals surface area contributed by atoms with Crippen LogP contribution in [0.5, 0.6) is 0 Å². The quantitative estimate of drug-likeness (QED) is 0.705. The topological polar surface area (TPSA) is 23.8 Å². The summed E-state index contributed by atoms with van der Waals surface area (Å²) in [6.07, 6.45) is 0. The summed E-state index contributed by atoms with van der Waals surface area (Å²) in [6, 6.07) is 5.24. The Morgan fingerprint density at radius 3 is 2.92 bits per heavy atom. The van der Waals surface area contributed by atoms with Crippen LogP contribution in [-0.4, -0.2) is 0 Å². The zero-order valence-corrected chi connectivity index (χ0v) is 8.75. The van der Waals surface area contributed by atoms with Crippen LogP contribution in [0.1, 0.15) is 5.56 Å². The third-order valence-electron chi connectivity index (χ3n) is 1.71. The van der Waals surface area contributed by atoms with Crippen molar-refractivity contribution >= 4 is 37.4 Å². The van der Waals surface area contributed by atoms with Crippen LogP contribution in [0.15, 0.2) is 22.0 Å². The number of halogens is 2. The lowest BCUT2D eigenvalue weighted by molar-refractivity contribution is 0.644. The van der Waals surface area contributed by atoms with Crippen LogP contribution in [0.3, 0.4) is 0 Å². The molecule has 1 aromatic carbocycles. The van der Waals surface area contributed by atoms with Crippen molar-refractivity contribution in [2.75, 3.05) is 0 Å². The Kier molecular flexibility index (Phi) is 2.06. The number of rotatable bonds is 0. The first-order valence-electron chi connectivity index (χ1n) is 3.48. The number of thiophene rings is 1. The number of benzene rings is 1. The van der Waals surface area contributed by atoms with Crippen LogP contribution in [0, 0.1) is 17.1 Å². The van der Waals surface area contributed by atoms with Crippen LogP contribution in [0.4, 0.5) is 4.39 Å². The van der Waals surface area contributed by atoms with E-state index in [0.717, 1.165) is 9.17 Å². The van der Waals surface area contributed by atoms with Gasteiger partial charge in [0, 0.05) is 15.2 Å². The van der Waals surface area contributed by atoms with Gasteiger partial charge in [0.15, 0.2) is 0 Å². The summed E-state index contributed by atoms with van der Waals surface area (Å²) in [5, 5.41) is 10.6. The van der Waals surface area contributed by atoms with Gasteiger partial charge in [-0.15, -0.1) is 11.3 Å². The summed E-state index contributed by atoms with van der Waals surface area (Å²) in [5.74, 6) is -0.266. The molecule has 64 valence electrons. The molecule has 0 amide bonds. The first kappa shape index (κ1) is 8.67. The van der Waals surface area contributed by atoms with Gasteiger partial charge in [0.25, 0.3) is 0 Å². The van der Waals surface area contributed by atoms with Crippen molar-refractivity contribution in [3.05, 3.63) is 33.4 Å². The second-order valence-corrected chi connectivity index (χ2v) is 4.26. The summed E-state index contributed by atoms with van der Waals surface area (Å²) in [4.78, 5) is 0. The maximum atomic E-state index is 13.1. The third-order valence-corrected chi connectivity index (χ3v) is 3.60. The average Bonchev–Trinajstić information content (AvgIpc) is 2.48. The number of hydrogen-bond acceptors (Lipinski definition) is 2. The summed E-state index contributed by atoms with van der Waals surface area (Å²) in [6.45, 7) is 0. The van der Waals surface area contributed by atoms with Gasteiger partial charge in [-0.05, 0) is 28.1 Å². The number of nitriles is 1. The normalized spacial score (nSPS) is 10.2. The second-order valence-electron chi connectivity index (χ2n) is 2.53. The molecule has 0 N–H and O–H groups in total. The predicted molar refractivity (Wildman–Crippen MR) is 54.2 cm³/mol. The Bertz CT molecular complexity index is 512. The molecule has 0 aliphatic heterocycles. The minimum absolute atomic E-state index is 0.266. The van der Waals surface area contributed by atoms with E-state index in [4.69, 9.17) is 5.26 Å². The molecule has 0 radical (unpaired) electrons. The lowest BCUT2D eigenvalue weighted by Crippen LogP contribution is -1.76. The van der Waals surface area contributed by atoms with Crippen LogP contribution in [0.2, 0.25) is 0 Å². The van der Waals surface area contributed by atoms with Gasteiger partial charge in [0.05, 0.1) is 16.3 Å². The lowest BCUT2D eigenvalue weighted by atomic mass is 10.2. The van der Waals surface area contributed by atoms with Crippen molar-refractivity contribution in [3.8, 4) is 6.07 Å². The summed E-state index contributed by atoms with van der Waals surface area (Å²) in [5.41, 5.74) is 0.469. The maximum Gasteiger partial charge on any atom is 0.141 e. The van der Waals surface area contributed by atoms with Crippen molar-refractivity contribution in [2.24, 2.45) is 0 Å². The van der Waals surface area contributed by atoms with Gasteiger partial charge in [-0.2, -0.15) is 5.26 Å². The molecule has 0 aliphatic carbocycles. The smallest absolute Gasteiger partial charge is 0.141 e. The monoisotopic (exact) mass is 255 g/mol. The molecule has 0 saturated heterocycles. The predicted octanol–water partition coefficient (Wildman–Crippen LogP) is 3.67. The second kappa shape index (κ2) is 3.09. The fraction of sp³-hybridized carbons (Fsp3) is 0. The molecule has 0 spiro atoms. The van der Waals surface area contributed by atoms with E-state index >= 15 is 0 Å². The van der Waals surface area contributed by atoms with E-state index in [9.17, 15) is 4.39 Å². The molecular weight excluding hydrogens is 253 g/mol. The highest BCUT2D eigenvalue weighted by Crippen LogP contribution is 2.32. The highest BCUT2D eigenvalue weighted by atomic mass is 79.9. The maximum absolute atomic E-state index is 13.1. The Balaban J connectivity index is 2.90. The molecule has 1 aromatic heterocycles. The summed E-state index contributed by atoms with van der Waals surface area (Å²) in [7, 11) is 0. The molecule has 2 rings (SSSR count). The Morgan fingerprint density at radius 2 is 2.23 bits per heavy atom. The van der Waals surface area contributed by atoms with E-state index in [1.807, 2.05) is 6.07 Å². The lowest BCUT2D eigenvalue weighted by Gasteiger charge is -1.94. The molecule has 0 aliphatic rings. The largest absolute Gasteiger partial charge is 0.205 e. The molecule has 1 heterocycles. The van der Waals surface area contributed by atoms with Gasteiger partial charge >= 0.3 is 0 Å². The van der Waals surface area contributed by atoms with Crippen molar-refractivity contribution in [2.45, 2.75) is 0 Å². The zero-order chi connectivity index (χ0) is 9.42. The van der Waals surface area contributed by atoms with Crippen LogP contribution < -0.4 is 0 Å². The van der Waals surface area contributed by atoms with E-state index in [1.165, 1.54) is 16.7 Å². The van der Waals surface area contributed by atoms with E-state index in [2.05, 4.69) is 15.9 Å². The summed E-state index contributed by atoms with van der Waals surface area (Å²) >= 11 is 4.62. The van der Waals surface area contributed by atoms with Crippen molar-refractivity contribution in [1.82, 2.24) is 0 Å². The first-order chi connectivity index (χ1) is 6.22. The molecule has 13 heavy (non-hydrogen) atoms. The molecule has 2 aromatic rings. The minimum atomic E-state index is -0.266.